The van der Waals surface area contributed by atoms with Crippen molar-refractivity contribution in [2.45, 2.75) is 46.5 Å². The van der Waals surface area contributed by atoms with E-state index in [1.54, 1.807) is 5.56 Å². The molecule has 1 radical (unpaired) electrons. The second-order valence-corrected chi connectivity index (χ2v) is 5.87. The van der Waals surface area contributed by atoms with E-state index in [2.05, 4.69) is 45.4 Å². The number of hydrogen-bond donors (Lipinski definition) is 0. The standard InChI is InChI=1S/C15H21/c1-15(2,3)11-12-8-9-13-6-4-5-7-14(13)10-12/h7-10H,4-6,11H2,1-3H3. The lowest BCUT2D eigenvalue weighted by molar-refractivity contribution is 0.411. The first kappa shape index (κ1) is 10.7. The van der Waals surface area contributed by atoms with Crippen LogP contribution in [0.1, 0.15) is 50.3 Å². The number of rotatable bonds is 1. The van der Waals surface area contributed by atoms with Crippen molar-refractivity contribution >= 4 is 0 Å². The summed E-state index contributed by atoms with van der Waals surface area (Å²) in [5.41, 5.74) is 4.91. The van der Waals surface area contributed by atoms with Crippen LogP contribution in [0.4, 0.5) is 0 Å². The van der Waals surface area contributed by atoms with E-state index >= 15 is 0 Å². The lowest BCUT2D eigenvalue weighted by atomic mass is 9.84. The van der Waals surface area contributed by atoms with Crippen molar-refractivity contribution in [1.29, 1.82) is 0 Å². The predicted octanol–water partition coefficient (Wildman–Crippen LogP) is 4.16. The van der Waals surface area contributed by atoms with Crippen LogP contribution in [0.2, 0.25) is 0 Å². The fourth-order valence-electron chi connectivity index (χ4n) is 2.33. The molecule has 0 saturated carbocycles. The Labute approximate surface area is 93.7 Å². The van der Waals surface area contributed by atoms with Gasteiger partial charge in [-0.2, -0.15) is 0 Å². The SMILES string of the molecule is CC(C)(C)Cc1ccc2c(c1)[CH]CCC2. The highest BCUT2D eigenvalue weighted by Crippen LogP contribution is 2.27. The van der Waals surface area contributed by atoms with Crippen LogP contribution in [0.15, 0.2) is 18.2 Å². The third kappa shape index (κ3) is 2.84. The molecule has 1 aromatic rings. The van der Waals surface area contributed by atoms with Gasteiger partial charge in [0.2, 0.25) is 0 Å². The van der Waals surface area contributed by atoms with Gasteiger partial charge in [0.25, 0.3) is 0 Å². The van der Waals surface area contributed by atoms with Crippen molar-refractivity contribution in [3.05, 3.63) is 41.3 Å². The van der Waals surface area contributed by atoms with Crippen molar-refractivity contribution in [3.8, 4) is 0 Å². The molecule has 0 aliphatic heterocycles. The molecule has 0 aromatic heterocycles. The highest BCUT2D eigenvalue weighted by Gasteiger charge is 2.14. The molecule has 0 heteroatoms. The van der Waals surface area contributed by atoms with Crippen molar-refractivity contribution < 1.29 is 0 Å². The Kier molecular flexibility index (Phi) is 2.86. The molecule has 0 fully saturated rings. The summed E-state index contributed by atoms with van der Waals surface area (Å²) < 4.78 is 0. The molecule has 0 bridgehead atoms. The van der Waals surface area contributed by atoms with Crippen LogP contribution in [0, 0.1) is 11.8 Å². The van der Waals surface area contributed by atoms with Gasteiger partial charge in [0.15, 0.2) is 0 Å². The Morgan fingerprint density at radius 3 is 2.73 bits per heavy atom. The summed E-state index contributed by atoms with van der Waals surface area (Å²) in [5, 5.41) is 0. The van der Waals surface area contributed by atoms with Gasteiger partial charge in [-0.05, 0) is 54.2 Å². The lowest BCUT2D eigenvalue weighted by Gasteiger charge is -2.21. The smallest absolute Gasteiger partial charge is 0.00900 e. The molecular formula is C15H21. The van der Waals surface area contributed by atoms with Crippen LogP contribution >= 0.6 is 0 Å². The average molecular weight is 201 g/mol. The van der Waals surface area contributed by atoms with E-state index in [0.717, 1.165) is 0 Å². The van der Waals surface area contributed by atoms with Gasteiger partial charge in [0, 0.05) is 0 Å². The molecule has 0 amide bonds. The zero-order chi connectivity index (χ0) is 10.9. The van der Waals surface area contributed by atoms with Crippen molar-refractivity contribution in [2.75, 3.05) is 0 Å². The Morgan fingerprint density at radius 1 is 1.20 bits per heavy atom. The molecule has 0 heterocycles. The van der Waals surface area contributed by atoms with Gasteiger partial charge < -0.3 is 0 Å². The quantitative estimate of drug-likeness (QED) is 0.640. The van der Waals surface area contributed by atoms with Crippen LogP contribution in [-0.2, 0) is 12.8 Å². The van der Waals surface area contributed by atoms with Crippen LogP contribution in [0.3, 0.4) is 0 Å². The second-order valence-electron chi connectivity index (χ2n) is 5.87. The molecule has 81 valence electrons. The maximum atomic E-state index is 2.39. The number of hydrogen-bond acceptors (Lipinski definition) is 0. The van der Waals surface area contributed by atoms with E-state index in [0.29, 0.717) is 5.41 Å². The van der Waals surface area contributed by atoms with Crippen LogP contribution in [-0.4, -0.2) is 0 Å². The average Bonchev–Trinajstić information content (AvgIpc) is 2.15. The summed E-state index contributed by atoms with van der Waals surface area (Å²) in [6.07, 6.45) is 7.42. The van der Waals surface area contributed by atoms with E-state index in [9.17, 15) is 0 Å². The molecule has 1 aromatic carbocycles. The monoisotopic (exact) mass is 201 g/mol. The van der Waals surface area contributed by atoms with E-state index in [4.69, 9.17) is 0 Å². The van der Waals surface area contributed by atoms with Crippen LogP contribution in [0.5, 0.6) is 0 Å². The third-order valence-corrected chi connectivity index (χ3v) is 2.96. The van der Waals surface area contributed by atoms with Crippen molar-refractivity contribution in [2.24, 2.45) is 5.41 Å². The fourth-order valence-corrected chi connectivity index (χ4v) is 2.33. The van der Waals surface area contributed by atoms with Gasteiger partial charge in [-0.1, -0.05) is 39.0 Å². The minimum atomic E-state index is 0.392. The van der Waals surface area contributed by atoms with E-state index in [1.165, 1.54) is 36.8 Å². The number of benzene rings is 1. The highest BCUT2D eigenvalue weighted by atomic mass is 14.2. The lowest BCUT2D eigenvalue weighted by Crippen LogP contribution is -2.10. The molecule has 0 nitrogen and oxygen atoms in total. The molecule has 1 aliphatic rings. The van der Waals surface area contributed by atoms with Gasteiger partial charge in [0.05, 0.1) is 0 Å². The molecule has 2 rings (SSSR count). The van der Waals surface area contributed by atoms with E-state index in [1.807, 2.05) is 0 Å². The van der Waals surface area contributed by atoms with E-state index in [-0.39, 0.29) is 0 Å². The fraction of sp³-hybridized carbons (Fsp3) is 0.533. The number of aryl methyl sites for hydroxylation is 1. The first-order valence-corrected chi connectivity index (χ1v) is 6.00. The maximum absolute atomic E-state index is 2.39. The highest BCUT2D eigenvalue weighted by molar-refractivity contribution is 5.38. The summed E-state index contributed by atoms with van der Waals surface area (Å²) in [4.78, 5) is 0. The first-order valence-electron chi connectivity index (χ1n) is 6.00. The topological polar surface area (TPSA) is 0 Å². The summed E-state index contributed by atoms with van der Waals surface area (Å²) in [6, 6.07) is 7.02. The molecule has 0 saturated heterocycles. The molecule has 0 unspecified atom stereocenters. The van der Waals surface area contributed by atoms with Gasteiger partial charge in [-0.25, -0.2) is 0 Å². The molecule has 0 atom stereocenters. The normalized spacial score (nSPS) is 16.2. The first-order chi connectivity index (χ1) is 7.04. The van der Waals surface area contributed by atoms with Crippen molar-refractivity contribution in [1.82, 2.24) is 0 Å². The summed E-state index contributed by atoms with van der Waals surface area (Å²) in [6.45, 7) is 6.91. The van der Waals surface area contributed by atoms with Gasteiger partial charge >= 0.3 is 0 Å². The van der Waals surface area contributed by atoms with Gasteiger partial charge in [-0.15, -0.1) is 0 Å². The predicted molar refractivity (Wildman–Crippen MR) is 65.9 cm³/mol. The summed E-state index contributed by atoms with van der Waals surface area (Å²) in [5.74, 6) is 0. The summed E-state index contributed by atoms with van der Waals surface area (Å²) >= 11 is 0. The number of fused-ring (bicyclic) bond motifs is 1. The van der Waals surface area contributed by atoms with E-state index < -0.39 is 0 Å². The minimum Gasteiger partial charge on any atom is -0.0599 e. The Bertz CT molecular complexity index is 342. The largest absolute Gasteiger partial charge is 0.0599 e. The van der Waals surface area contributed by atoms with Gasteiger partial charge in [0.1, 0.15) is 0 Å². The minimum absolute atomic E-state index is 0.392. The molecule has 0 spiro atoms. The molecule has 15 heavy (non-hydrogen) atoms. The Morgan fingerprint density at radius 2 is 2.00 bits per heavy atom. The Balaban J connectivity index is 2.21. The third-order valence-electron chi connectivity index (χ3n) is 2.96. The van der Waals surface area contributed by atoms with Crippen LogP contribution < -0.4 is 0 Å². The van der Waals surface area contributed by atoms with Gasteiger partial charge in [-0.3, -0.25) is 0 Å². The second kappa shape index (κ2) is 4.00. The summed E-state index contributed by atoms with van der Waals surface area (Å²) in [7, 11) is 0. The molecular weight excluding hydrogens is 180 g/mol. The molecule has 0 N–H and O–H groups in total. The molecule has 1 aliphatic carbocycles. The zero-order valence-corrected chi connectivity index (χ0v) is 10.1. The van der Waals surface area contributed by atoms with Crippen molar-refractivity contribution in [3.63, 3.8) is 0 Å². The maximum Gasteiger partial charge on any atom is -0.00900 e. The van der Waals surface area contributed by atoms with Crippen LogP contribution in [0.25, 0.3) is 0 Å². The Hall–Kier alpha value is -0.780. The zero-order valence-electron chi connectivity index (χ0n) is 10.1.